The fraction of sp³-hybridized carbons (Fsp3) is 0.619. The Morgan fingerprint density at radius 2 is 1.85 bits per heavy atom. The van der Waals surface area contributed by atoms with Crippen molar-refractivity contribution in [3.8, 4) is 0 Å². The van der Waals surface area contributed by atoms with Gasteiger partial charge in [0.05, 0.1) is 18.6 Å². The van der Waals surface area contributed by atoms with Crippen molar-refractivity contribution < 1.29 is 28.9 Å². The van der Waals surface area contributed by atoms with Gasteiger partial charge in [-0.3, -0.25) is 4.79 Å². The molecule has 0 aromatic heterocycles. The predicted octanol–water partition coefficient (Wildman–Crippen LogP) is 3.95. The lowest BCUT2D eigenvalue weighted by Crippen LogP contribution is -2.26. The van der Waals surface area contributed by atoms with Crippen LogP contribution in [0.25, 0.3) is 0 Å². The van der Waals surface area contributed by atoms with E-state index in [4.69, 9.17) is 14.2 Å². The normalized spacial score (nSPS) is 21.3. The van der Waals surface area contributed by atoms with Gasteiger partial charge in [0.15, 0.2) is 0 Å². The van der Waals surface area contributed by atoms with Crippen molar-refractivity contribution in [2.75, 3.05) is 6.61 Å². The summed E-state index contributed by atoms with van der Waals surface area (Å²) in [4.78, 5) is 23.8. The Morgan fingerprint density at radius 3 is 2.41 bits per heavy atom. The molecule has 2 rings (SSSR count). The fourth-order valence-electron chi connectivity index (χ4n) is 3.32. The van der Waals surface area contributed by atoms with E-state index in [1.165, 1.54) is 0 Å². The summed E-state index contributed by atoms with van der Waals surface area (Å²) >= 11 is 0. The van der Waals surface area contributed by atoms with Crippen molar-refractivity contribution in [3.63, 3.8) is 0 Å². The van der Waals surface area contributed by atoms with Gasteiger partial charge in [-0.25, -0.2) is 4.79 Å². The zero-order valence-corrected chi connectivity index (χ0v) is 16.3. The van der Waals surface area contributed by atoms with Crippen molar-refractivity contribution >= 4 is 12.1 Å². The van der Waals surface area contributed by atoms with E-state index in [2.05, 4.69) is 0 Å². The molecule has 1 N–H and O–H groups in total. The summed E-state index contributed by atoms with van der Waals surface area (Å²) in [5, 5.41) is 9.96. The minimum absolute atomic E-state index is 0.198. The molecule has 6 heteroatoms. The number of ether oxygens (including phenoxy) is 3. The number of hydrogen-bond acceptors (Lipinski definition) is 6. The maximum Gasteiger partial charge on any atom is 0.511 e. The average molecular weight is 378 g/mol. The van der Waals surface area contributed by atoms with Crippen molar-refractivity contribution in [2.24, 2.45) is 5.92 Å². The molecule has 1 aromatic carbocycles. The third kappa shape index (κ3) is 6.24. The highest BCUT2D eigenvalue weighted by molar-refractivity contribution is 5.77. The first-order valence-electron chi connectivity index (χ1n) is 9.75. The van der Waals surface area contributed by atoms with Crippen molar-refractivity contribution in [2.45, 2.75) is 71.2 Å². The standard InChI is InChI=1S/C21H30O6/c1-4-19(27-21(24)25-5-2)26-20(23)14(3)16-11-9-15(10-12-16)13-17-7-6-8-18(17)22/h9-12,14,17-19,22H,4-8,13H2,1-3H3/t14-,17+,18-,19?/m0/s1. The van der Waals surface area contributed by atoms with Gasteiger partial charge < -0.3 is 19.3 Å². The van der Waals surface area contributed by atoms with Crippen LogP contribution in [0.1, 0.15) is 63.5 Å². The number of benzene rings is 1. The first kappa shape index (κ1) is 21.2. The minimum atomic E-state index is -0.956. The zero-order chi connectivity index (χ0) is 19.8. The second kappa shape index (κ2) is 10.3. The van der Waals surface area contributed by atoms with E-state index in [0.717, 1.165) is 36.8 Å². The Morgan fingerprint density at radius 1 is 1.15 bits per heavy atom. The van der Waals surface area contributed by atoms with Crippen molar-refractivity contribution in [3.05, 3.63) is 35.4 Å². The maximum atomic E-state index is 12.4. The smallest absolute Gasteiger partial charge is 0.435 e. The number of esters is 1. The molecular weight excluding hydrogens is 348 g/mol. The molecule has 1 unspecified atom stereocenters. The molecule has 0 bridgehead atoms. The topological polar surface area (TPSA) is 82.1 Å². The third-order valence-electron chi connectivity index (χ3n) is 5.02. The van der Waals surface area contributed by atoms with E-state index in [9.17, 15) is 14.7 Å². The molecule has 150 valence electrons. The zero-order valence-electron chi connectivity index (χ0n) is 16.3. The maximum absolute atomic E-state index is 12.4. The van der Waals surface area contributed by atoms with E-state index < -0.39 is 24.3 Å². The molecule has 0 saturated heterocycles. The number of carbonyl (C=O) groups is 2. The van der Waals surface area contributed by atoms with Gasteiger partial charge in [0.25, 0.3) is 6.29 Å². The molecule has 1 fully saturated rings. The summed E-state index contributed by atoms with van der Waals surface area (Å²) in [7, 11) is 0. The van der Waals surface area contributed by atoms with Crippen molar-refractivity contribution in [1.82, 2.24) is 0 Å². The molecule has 27 heavy (non-hydrogen) atoms. The highest BCUT2D eigenvalue weighted by Crippen LogP contribution is 2.29. The van der Waals surface area contributed by atoms with Crippen LogP contribution in [0.4, 0.5) is 4.79 Å². The van der Waals surface area contributed by atoms with Crippen LogP contribution < -0.4 is 0 Å². The predicted molar refractivity (Wildman–Crippen MR) is 100 cm³/mol. The summed E-state index contributed by atoms with van der Waals surface area (Å²) in [6.45, 7) is 5.39. The van der Waals surface area contributed by atoms with Gasteiger partial charge in [-0.2, -0.15) is 0 Å². The van der Waals surface area contributed by atoms with Crippen LogP contribution in [0.2, 0.25) is 0 Å². The molecular formula is C21H30O6. The van der Waals surface area contributed by atoms with E-state index in [0.29, 0.717) is 12.3 Å². The second-order valence-electron chi connectivity index (χ2n) is 7.00. The SMILES string of the molecule is CCOC(=O)OC(CC)OC(=O)[C@@H](C)c1ccc(C[C@H]2CCC[C@@H]2O)cc1. The average Bonchev–Trinajstić information content (AvgIpc) is 3.06. The van der Waals surface area contributed by atoms with Crippen LogP contribution in [0.5, 0.6) is 0 Å². The highest BCUT2D eigenvalue weighted by atomic mass is 16.8. The van der Waals surface area contributed by atoms with E-state index in [1.54, 1.807) is 20.8 Å². The molecule has 4 atom stereocenters. The minimum Gasteiger partial charge on any atom is -0.435 e. The molecule has 0 radical (unpaired) electrons. The summed E-state index contributed by atoms with van der Waals surface area (Å²) in [6.07, 6.45) is 2.22. The summed E-state index contributed by atoms with van der Waals surface area (Å²) in [5.74, 6) is -0.607. The van der Waals surface area contributed by atoms with Gasteiger partial charge in [-0.1, -0.05) is 37.6 Å². The largest absolute Gasteiger partial charge is 0.511 e. The van der Waals surface area contributed by atoms with Gasteiger partial charge in [-0.05, 0) is 50.2 Å². The Kier molecular flexibility index (Phi) is 8.10. The van der Waals surface area contributed by atoms with Crippen LogP contribution in [0, 0.1) is 5.92 Å². The highest BCUT2D eigenvalue weighted by Gasteiger charge is 2.26. The molecule has 0 amide bonds. The Bertz CT molecular complexity index is 612. The number of aliphatic hydroxyl groups is 1. The molecule has 6 nitrogen and oxygen atoms in total. The molecule has 0 aliphatic heterocycles. The first-order valence-corrected chi connectivity index (χ1v) is 9.75. The fourth-order valence-corrected chi connectivity index (χ4v) is 3.32. The van der Waals surface area contributed by atoms with E-state index in [-0.39, 0.29) is 12.7 Å². The van der Waals surface area contributed by atoms with Gasteiger partial charge in [-0.15, -0.1) is 0 Å². The molecule has 1 aliphatic carbocycles. The van der Waals surface area contributed by atoms with Crippen LogP contribution in [-0.2, 0) is 25.4 Å². The van der Waals surface area contributed by atoms with E-state index >= 15 is 0 Å². The number of aliphatic hydroxyl groups excluding tert-OH is 1. The number of carbonyl (C=O) groups excluding carboxylic acids is 2. The molecule has 0 spiro atoms. The van der Waals surface area contributed by atoms with Gasteiger partial charge in [0.2, 0.25) is 0 Å². The third-order valence-corrected chi connectivity index (χ3v) is 5.02. The lowest BCUT2D eigenvalue weighted by molar-refractivity contribution is -0.173. The molecule has 1 aromatic rings. The Balaban J connectivity index is 1.90. The van der Waals surface area contributed by atoms with Crippen molar-refractivity contribution in [1.29, 1.82) is 0 Å². The number of hydrogen-bond donors (Lipinski definition) is 1. The first-order chi connectivity index (χ1) is 12.9. The lowest BCUT2D eigenvalue weighted by Gasteiger charge is -2.19. The molecule has 1 saturated carbocycles. The second-order valence-corrected chi connectivity index (χ2v) is 7.00. The number of rotatable bonds is 8. The van der Waals surface area contributed by atoms with E-state index in [1.807, 2.05) is 24.3 Å². The van der Waals surface area contributed by atoms with Gasteiger partial charge >= 0.3 is 12.1 Å². The molecule has 1 aliphatic rings. The van der Waals surface area contributed by atoms with Crippen LogP contribution >= 0.6 is 0 Å². The summed E-state index contributed by atoms with van der Waals surface area (Å²) in [5.41, 5.74) is 1.99. The quantitative estimate of drug-likeness (QED) is 0.545. The Labute approximate surface area is 160 Å². The van der Waals surface area contributed by atoms with Crippen LogP contribution in [0.3, 0.4) is 0 Å². The van der Waals surface area contributed by atoms with Crippen LogP contribution in [-0.4, -0.2) is 36.2 Å². The lowest BCUT2D eigenvalue weighted by atomic mass is 9.93. The van der Waals surface area contributed by atoms with Gasteiger partial charge in [0, 0.05) is 6.42 Å². The van der Waals surface area contributed by atoms with Crippen LogP contribution in [0.15, 0.2) is 24.3 Å². The summed E-state index contributed by atoms with van der Waals surface area (Å²) in [6, 6.07) is 7.82. The van der Waals surface area contributed by atoms with Gasteiger partial charge in [0.1, 0.15) is 0 Å². The monoisotopic (exact) mass is 378 g/mol. The Hall–Kier alpha value is -2.08. The molecule has 0 heterocycles. The summed E-state index contributed by atoms with van der Waals surface area (Å²) < 4.78 is 15.0.